The van der Waals surface area contributed by atoms with E-state index in [0.717, 1.165) is 13.1 Å². The zero-order chi connectivity index (χ0) is 12.8. The van der Waals surface area contributed by atoms with E-state index < -0.39 is 0 Å². The van der Waals surface area contributed by atoms with Crippen LogP contribution >= 0.6 is 0 Å². The minimum Gasteiger partial charge on any atom is -0.381 e. The molecule has 5 heteroatoms. The van der Waals surface area contributed by atoms with Gasteiger partial charge in [-0.05, 0) is 27.7 Å². The lowest BCUT2D eigenvalue weighted by Gasteiger charge is -2.30. The van der Waals surface area contributed by atoms with Crippen molar-refractivity contribution in [2.45, 2.75) is 39.8 Å². The first-order valence-corrected chi connectivity index (χ1v) is 6.08. The van der Waals surface area contributed by atoms with Gasteiger partial charge in [-0.3, -0.25) is 4.90 Å². The predicted molar refractivity (Wildman–Crippen MR) is 71.9 cm³/mol. The normalized spacial score (nSPS) is 11.5. The molecule has 3 N–H and O–H groups in total. The van der Waals surface area contributed by atoms with Gasteiger partial charge in [0.05, 0.1) is 0 Å². The van der Waals surface area contributed by atoms with Gasteiger partial charge in [0.25, 0.3) is 0 Å². The first-order valence-electron chi connectivity index (χ1n) is 6.08. The summed E-state index contributed by atoms with van der Waals surface area (Å²) in [7, 11) is 0. The summed E-state index contributed by atoms with van der Waals surface area (Å²) in [4.78, 5) is 10.6. The highest BCUT2D eigenvalue weighted by Crippen LogP contribution is 2.09. The number of rotatable bonds is 6. The van der Waals surface area contributed by atoms with E-state index >= 15 is 0 Å². The Bertz CT molecular complexity index is 329. The summed E-state index contributed by atoms with van der Waals surface area (Å²) in [6.45, 7) is 10.6. The minimum atomic E-state index is 0.452. The van der Waals surface area contributed by atoms with Gasteiger partial charge in [-0.2, -0.15) is 0 Å². The fraction of sp³-hybridized carbons (Fsp3) is 0.667. The van der Waals surface area contributed by atoms with E-state index in [0.29, 0.717) is 23.7 Å². The monoisotopic (exact) mass is 237 g/mol. The Morgan fingerprint density at radius 1 is 1.18 bits per heavy atom. The van der Waals surface area contributed by atoms with Crippen LogP contribution in [0, 0.1) is 0 Å². The van der Waals surface area contributed by atoms with Gasteiger partial charge in [-0.1, -0.05) is 0 Å². The van der Waals surface area contributed by atoms with Gasteiger partial charge in [0.1, 0.15) is 0 Å². The highest BCUT2D eigenvalue weighted by atomic mass is 15.2. The van der Waals surface area contributed by atoms with E-state index in [4.69, 9.17) is 5.73 Å². The number of anilines is 2. The molecule has 0 fully saturated rings. The maximum atomic E-state index is 5.71. The molecule has 5 nitrogen and oxygen atoms in total. The van der Waals surface area contributed by atoms with Gasteiger partial charge in [-0.25, -0.2) is 9.97 Å². The maximum Gasteiger partial charge on any atom is 0.168 e. The quantitative estimate of drug-likeness (QED) is 0.786. The van der Waals surface area contributed by atoms with Gasteiger partial charge in [-0.15, -0.1) is 0 Å². The smallest absolute Gasteiger partial charge is 0.168 e. The van der Waals surface area contributed by atoms with E-state index in [1.165, 1.54) is 0 Å². The fourth-order valence-corrected chi connectivity index (χ4v) is 1.90. The topological polar surface area (TPSA) is 67.1 Å². The third kappa shape index (κ3) is 4.19. The summed E-state index contributed by atoms with van der Waals surface area (Å²) < 4.78 is 0. The molecule has 17 heavy (non-hydrogen) atoms. The average molecular weight is 237 g/mol. The second-order valence-electron chi connectivity index (χ2n) is 4.64. The van der Waals surface area contributed by atoms with Crippen LogP contribution in [0.15, 0.2) is 12.4 Å². The van der Waals surface area contributed by atoms with Crippen LogP contribution in [0.4, 0.5) is 11.6 Å². The number of hydrogen-bond acceptors (Lipinski definition) is 5. The molecule has 96 valence electrons. The van der Waals surface area contributed by atoms with Crippen molar-refractivity contribution in [3.05, 3.63) is 12.4 Å². The largest absolute Gasteiger partial charge is 0.381 e. The molecule has 1 heterocycles. The third-order valence-electron chi connectivity index (χ3n) is 2.72. The van der Waals surface area contributed by atoms with Crippen molar-refractivity contribution in [2.75, 3.05) is 24.1 Å². The molecule has 1 aromatic heterocycles. The molecule has 1 rings (SSSR count). The lowest BCUT2D eigenvalue weighted by atomic mass is 10.2. The Balaban J connectivity index is 2.44. The predicted octanol–water partition coefficient (Wildman–Crippen LogP) is 1.59. The van der Waals surface area contributed by atoms with Gasteiger partial charge in [0, 0.05) is 37.6 Å². The van der Waals surface area contributed by atoms with Crippen LogP contribution in [-0.4, -0.2) is 40.0 Å². The molecule has 0 aliphatic heterocycles. The van der Waals surface area contributed by atoms with E-state index in [2.05, 4.69) is 47.9 Å². The standard InChI is InChI=1S/C12H23N5/c1-9(2)17(10(3)4)8-7-16-12-11(13)14-5-6-15-12/h5-6,9-10H,7-8H2,1-4H3,(H2,13,14)(H,15,16). The average Bonchev–Trinajstić information content (AvgIpc) is 2.25. The third-order valence-corrected chi connectivity index (χ3v) is 2.72. The van der Waals surface area contributed by atoms with Gasteiger partial charge in [0.2, 0.25) is 0 Å². The highest BCUT2D eigenvalue weighted by Gasteiger charge is 2.12. The van der Waals surface area contributed by atoms with Crippen molar-refractivity contribution < 1.29 is 0 Å². The molecule has 0 aromatic carbocycles. The lowest BCUT2D eigenvalue weighted by molar-refractivity contribution is 0.182. The van der Waals surface area contributed by atoms with Gasteiger partial charge >= 0.3 is 0 Å². The number of aromatic nitrogens is 2. The van der Waals surface area contributed by atoms with Gasteiger partial charge in [0.15, 0.2) is 11.6 Å². The Morgan fingerprint density at radius 2 is 1.76 bits per heavy atom. The van der Waals surface area contributed by atoms with Crippen LogP contribution in [-0.2, 0) is 0 Å². The van der Waals surface area contributed by atoms with Crippen LogP contribution < -0.4 is 11.1 Å². The molecule has 1 aromatic rings. The Kier molecular flexibility index (Phi) is 5.15. The van der Waals surface area contributed by atoms with Crippen molar-refractivity contribution in [3.63, 3.8) is 0 Å². The zero-order valence-corrected chi connectivity index (χ0v) is 11.1. The Hall–Kier alpha value is -1.36. The number of nitrogen functional groups attached to an aromatic ring is 1. The second kappa shape index (κ2) is 6.39. The summed E-state index contributed by atoms with van der Waals surface area (Å²) in [6.07, 6.45) is 3.23. The van der Waals surface area contributed by atoms with Crippen LogP contribution in [0.3, 0.4) is 0 Å². The highest BCUT2D eigenvalue weighted by molar-refractivity contribution is 5.54. The maximum absolute atomic E-state index is 5.71. The minimum absolute atomic E-state index is 0.452. The Morgan fingerprint density at radius 3 is 2.29 bits per heavy atom. The molecular formula is C12H23N5. The van der Waals surface area contributed by atoms with E-state index in [9.17, 15) is 0 Å². The summed E-state index contributed by atoms with van der Waals surface area (Å²) in [5.41, 5.74) is 5.71. The van der Waals surface area contributed by atoms with Crippen molar-refractivity contribution in [2.24, 2.45) is 0 Å². The van der Waals surface area contributed by atoms with Crippen molar-refractivity contribution in [1.29, 1.82) is 0 Å². The number of hydrogen-bond donors (Lipinski definition) is 2. The van der Waals surface area contributed by atoms with Crippen LogP contribution in [0.25, 0.3) is 0 Å². The van der Waals surface area contributed by atoms with E-state index in [1.807, 2.05) is 0 Å². The molecule has 0 spiro atoms. The molecule has 0 radical (unpaired) electrons. The Labute approximate surface area is 103 Å². The van der Waals surface area contributed by atoms with Crippen molar-refractivity contribution >= 4 is 11.6 Å². The molecule has 0 aliphatic carbocycles. The summed E-state index contributed by atoms with van der Waals surface area (Å²) in [5, 5.41) is 3.21. The number of nitrogens with one attached hydrogen (secondary N) is 1. The zero-order valence-electron chi connectivity index (χ0n) is 11.1. The molecule has 0 bridgehead atoms. The first kappa shape index (κ1) is 13.7. The van der Waals surface area contributed by atoms with Crippen LogP contribution in [0.5, 0.6) is 0 Å². The number of nitrogens with zero attached hydrogens (tertiary/aromatic N) is 3. The molecular weight excluding hydrogens is 214 g/mol. The molecule has 0 atom stereocenters. The van der Waals surface area contributed by atoms with E-state index in [1.54, 1.807) is 12.4 Å². The summed E-state index contributed by atoms with van der Waals surface area (Å²) in [6, 6.07) is 1.08. The second-order valence-corrected chi connectivity index (χ2v) is 4.64. The number of nitrogens with two attached hydrogens (primary N) is 1. The van der Waals surface area contributed by atoms with Crippen molar-refractivity contribution in [1.82, 2.24) is 14.9 Å². The molecule has 0 amide bonds. The molecule has 0 unspecified atom stereocenters. The SMILES string of the molecule is CC(C)N(CCNc1nccnc1N)C(C)C. The van der Waals surface area contributed by atoms with E-state index in [-0.39, 0.29) is 0 Å². The summed E-state index contributed by atoms with van der Waals surface area (Å²) >= 11 is 0. The van der Waals surface area contributed by atoms with Crippen LogP contribution in [0.1, 0.15) is 27.7 Å². The molecule has 0 aliphatic rings. The van der Waals surface area contributed by atoms with Gasteiger partial charge < -0.3 is 11.1 Å². The fourth-order valence-electron chi connectivity index (χ4n) is 1.90. The molecule has 0 saturated heterocycles. The lowest BCUT2D eigenvalue weighted by Crippen LogP contribution is -2.40. The van der Waals surface area contributed by atoms with Crippen LogP contribution in [0.2, 0.25) is 0 Å². The van der Waals surface area contributed by atoms with Crippen molar-refractivity contribution in [3.8, 4) is 0 Å². The first-order chi connectivity index (χ1) is 8.02. The summed E-state index contributed by atoms with van der Waals surface area (Å²) in [5.74, 6) is 1.12. The molecule has 0 saturated carbocycles.